The maximum Gasteiger partial charge on any atom is 0.328 e. The van der Waals surface area contributed by atoms with E-state index in [9.17, 15) is 0 Å². The second-order valence-corrected chi connectivity index (χ2v) is 4.03. The molecule has 0 atom stereocenters. The van der Waals surface area contributed by atoms with Gasteiger partial charge < -0.3 is 10.5 Å². The van der Waals surface area contributed by atoms with Gasteiger partial charge in [0.25, 0.3) is 5.95 Å². The Morgan fingerprint density at radius 1 is 1.10 bits per heavy atom. The highest BCUT2D eigenvalue weighted by atomic mass is 16.5. The van der Waals surface area contributed by atoms with E-state index in [0.29, 0.717) is 5.75 Å². The van der Waals surface area contributed by atoms with Crippen LogP contribution in [0.5, 0.6) is 11.8 Å². The van der Waals surface area contributed by atoms with Crippen molar-refractivity contribution in [1.29, 1.82) is 0 Å². The van der Waals surface area contributed by atoms with Crippen LogP contribution in [-0.4, -0.2) is 29.7 Å². The highest BCUT2D eigenvalue weighted by Gasteiger charge is 2.08. The molecule has 8 heteroatoms. The average Bonchev–Trinajstić information content (AvgIpc) is 2.95. The molecule has 2 N–H and O–H groups in total. The topological polar surface area (TPSA) is 105 Å². The first-order chi connectivity index (χ1) is 9.70. The molecule has 0 bridgehead atoms. The van der Waals surface area contributed by atoms with Crippen molar-refractivity contribution in [1.82, 2.24) is 29.7 Å². The van der Waals surface area contributed by atoms with Crippen molar-refractivity contribution in [3.05, 3.63) is 42.5 Å². The van der Waals surface area contributed by atoms with E-state index in [2.05, 4.69) is 25.0 Å². The molecule has 0 aliphatic rings. The first kappa shape index (κ1) is 12.0. The van der Waals surface area contributed by atoms with Crippen LogP contribution in [0.4, 0.5) is 5.95 Å². The minimum absolute atomic E-state index is 0.0487. The number of ether oxygens (including phenoxy) is 1. The fourth-order valence-electron chi connectivity index (χ4n) is 1.53. The zero-order chi connectivity index (χ0) is 13.9. The predicted molar refractivity (Wildman–Crippen MR) is 70.4 cm³/mol. The molecule has 8 nitrogen and oxygen atoms in total. The van der Waals surface area contributed by atoms with Crippen LogP contribution < -0.4 is 10.5 Å². The number of benzene rings is 1. The molecule has 2 aromatic heterocycles. The number of nitrogen functional groups attached to an aromatic ring is 1. The number of rotatable bonds is 3. The predicted octanol–water partition coefficient (Wildman–Crippen LogP) is 1.14. The van der Waals surface area contributed by atoms with Gasteiger partial charge in [-0.2, -0.15) is 24.7 Å². The molecule has 0 amide bonds. The summed E-state index contributed by atoms with van der Waals surface area (Å²) in [6.07, 6.45) is 2.84. The van der Waals surface area contributed by atoms with Gasteiger partial charge in [0.1, 0.15) is 18.4 Å². The highest BCUT2D eigenvalue weighted by molar-refractivity contribution is 5.30. The Balaban J connectivity index is 1.92. The number of anilines is 1. The molecular formula is C12H11N7O. The fraction of sp³-hybridized carbons (Fsp3) is 0.0833. The van der Waals surface area contributed by atoms with Crippen LogP contribution in [0.1, 0.15) is 5.56 Å². The van der Waals surface area contributed by atoms with Crippen molar-refractivity contribution in [3.63, 3.8) is 0 Å². The molecule has 0 radical (unpaired) electrons. The van der Waals surface area contributed by atoms with Crippen molar-refractivity contribution in [3.8, 4) is 17.7 Å². The normalized spacial score (nSPS) is 10.4. The van der Waals surface area contributed by atoms with Gasteiger partial charge in [-0.05, 0) is 19.1 Å². The maximum absolute atomic E-state index is 5.64. The average molecular weight is 269 g/mol. The summed E-state index contributed by atoms with van der Waals surface area (Å²) >= 11 is 0. The second kappa shape index (κ2) is 4.92. The van der Waals surface area contributed by atoms with E-state index in [4.69, 9.17) is 10.5 Å². The molecule has 100 valence electrons. The summed E-state index contributed by atoms with van der Waals surface area (Å²) in [6, 6.07) is 7.61. The third kappa shape index (κ3) is 2.53. The van der Waals surface area contributed by atoms with Crippen LogP contribution in [0, 0.1) is 6.92 Å². The lowest BCUT2D eigenvalue weighted by molar-refractivity contribution is 0.438. The number of aromatic nitrogens is 6. The lowest BCUT2D eigenvalue weighted by Crippen LogP contribution is -2.07. The maximum atomic E-state index is 5.64. The number of hydrogen-bond acceptors (Lipinski definition) is 7. The molecule has 2 heterocycles. The summed E-state index contributed by atoms with van der Waals surface area (Å²) < 4.78 is 6.92. The summed E-state index contributed by atoms with van der Waals surface area (Å²) in [7, 11) is 0. The van der Waals surface area contributed by atoms with Crippen LogP contribution in [-0.2, 0) is 0 Å². The van der Waals surface area contributed by atoms with Crippen LogP contribution >= 0.6 is 0 Å². The first-order valence-electron chi connectivity index (χ1n) is 5.82. The molecule has 0 unspecified atom stereocenters. The summed E-state index contributed by atoms with van der Waals surface area (Å²) in [5.41, 5.74) is 6.77. The molecule has 0 aliphatic heterocycles. The van der Waals surface area contributed by atoms with Crippen LogP contribution in [0.15, 0.2) is 36.9 Å². The molecule has 0 saturated carbocycles. The van der Waals surface area contributed by atoms with Gasteiger partial charge in [0, 0.05) is 0 Å². The summed E-state index contributed by atoms with van der Waals surface area (Å²) in [5, 5.41) is 3.93. The van der Waals surface area contributed by atoms with Gasteiger partial charge >= 0.3 is 6.01 Å². The van der Waals surface area contributed by atoms with Crippen molar-refractivity contribution in [2.75, 3.05) is 5.73 Å². The van der Waals surface area contributed by atoms with E-state index in [0.717, 1.165) is 5.56 Å². The van der Waals surface area contributed by atoms with E-state index in [-0.39, 0.29) is 17.9 Å². The third-order valence-electron chi connectivity index (χ3n) is 2.47. The van der Waals surface area contributed by atoms with Crippen molar-refractivity contribution in [2.24, 2.45) is 0 Å². The summed E-state index contributed by atoms with van der Waals surface area (Å²) in [5.74, 6) is 0.912. The monoisotopic (exact) mass is 269 g/mol. The quantitative estimate of drug-likeness (QED) is 0.759. The van der Waals surface area contributed by atoms with Gasteiger partial charge in [0.05, 0.1) is 0 Å². The Morgan fingerprint density at radius 2 is 1.90 bits per heavy atom. The van der Waals surface area contributed by atoms with Crippen molar-refractivity contribution in [2.45, 2.75) is 6.92 Å². The Bertz CT molecular complexity index is 709. The zero-order valence-corrected chi connectivity index (χ0v) is 10.6. The standard InChI is InChI=1S/C12H11N7O/c1-8-2-4-9(5-3-8)20-12-17-10(13)16-11(18-12)19-7-14-6-15-19/h2-7H,1H3,(H2,13,16,17,18). The van der Waals surface area contributed by atoms with Gasteiger partial charge in [-0.3, -0.25) is 0 Å². The van der Waals surface area contributed by atoms with Crippen molar-refractivity contribution < 1.29 is 4.74 Å². The van der Waals surface area contributed by atoms with E-state index < -0.39 is 0 Å². The Kier molecular flexibility index (Phi) is 2.96. The smallest absolute Gasteiger partial charge is 0.328 e. The molecule has 20 heavy (non-hydrogen) atoms. The molecule has 3 rings (SSSR count). The van der Waals surface area contributed by atoms with Gasteiger partial charge in [0.2, 0.25) is 5.95 Å². The molecule has 3 aromatic rings. The Hall–Kier alpha value is -3.03. The molecule has 1 aromatic carbocycles. The minimum atomic E-state index is 0.0487. The molecular weight excluding hydrogens is 258 g/mol. The molecule has 0 saturated heterocycles. The SMILES string of the molecule is Cc1ccc(Oc2nc(N)nc(-n3cncn3)n2)cc1. The number of hydrogen-bond donors (Lipinski definition) is 1. The highest BCUT2D eigenvalue weighted by Crippen LogP contribution is 2.19. The van der Waals surface area contributed by atoms with E-state index in [1.807, 2.05) is 31.2 Å². The molecule has 0 aliphatic carbocycles. The van der Waals surface area contributed by atoms with Gasteiger partial charge in [-0.15, -0.1) is 0 Å². The van der Waals surface area contributed by atoms with Crippen LogP contribution in [0.25, 0.3) is 5.95 Å². The number of aryl methyl sites for hydroxylation is 1. The molecule has 0 fully saturated rings. The van der Waals surface area contributed by atoms with E-state index in [1.54, 1.807) is 0 Å². The molecule has 0 spiro atoms. The van der Waals surface area contributed by atoms with Crippen LogP contribution in [0.3, 0.4) is 0 Å². The zero-order valence-electron chi connectivity index (χ0n) is 10.6. The van der Waals surface area contributed by atoms with E-state index in [1.165, 1.54) is 17.3 Å². The lowest BCUT2D eigenvalue weighted by atomic mass is 10.2. The Labute approximate surface area is 114 Å². The lowest BCUT2D eigenvalue weighted by Gasteiger charge is -2.06. The largest absolute Gasteiger partial charge is 0.424 e. The summed E-state index contributed by atoms with van der Waals surface area (Å²) in [4.78, 5) is 15.9. The fourth-order valence-corrected chi connectivity index (χ4v) is 1.53. The van der Waals surface area contributed by atoms with Crippen molar-refractivity contribution >= 4 is 5.95 Å². The van der Waals surface area contributed by atoms with Crippen LogP contribution in [0.2, 0.25) is 0 Å². The Morgan fingerprint density at radius 3 is 2.60 bits per heavy atom. The summed E-state index contributed by atoms with van der Waals surface area (Å²) in [6.45, 7) is 1.99. The second-order valence-electron chi connectivity index (χ2n) is 4.03. The van der Waals surface area contributed by atoms with Gasteiger partial charge in [-0.1, -0.05) is 17.7 Å². The number of nitrogens with two attached hydrogens (primary N) is 1. The minimum Gasteiger partial charge on any atom is -0.424 e. The van der Waals surface area contributed by atoms with Gasteiger partial charge in [0.15, 0.2) is 0 Å². The van der Waals surface area contributed by atoms with E-state index >= 15 is 0 Å². The first-order valence-corrected chi connectivity index (χ1v) is 5.82. The third-order valence-corrected chi connectivity index (χ3v) is 2.47. The number of nitrogens with zero attached hydrogens (tertiary/aromatic N) is 6. The van der Waals surface area contributed by atoms with Gasteiger partial charge in [-0.25, -0.2) is 4.98 Å².